The summed E-state index contributed by atoms with van der Waals surface area (Å²) >= 11 is 0. The fourth-order valence-electron chi connectivity index (χ4n) is 3.24. The Hall–Kier alpha value is -2.54. The molecule has 4 heterocycles. The monoisotopic (exact) mass is 356 g/mol. The first-order valence-electron chi connectivity index (χ1n) is 9.00. The molecule has 2 saturated heterocycles. The minimum atomic E-state index is -0.159. The number of rotatable bonds is 5. The smallest absolute Gasteiger partial charge is 0.298 e. The van der Waals surface area contributed by atoms with Gasteiger partial charge < -0.3 is 14.4 Å². The summed E-state index contributed by atoms with van der Waals surface area (Å²) < 4.78 is 6.85. The summed E-state index contributed by atoms with van der Waals surface area (Å²) in [5.41, 5.74) is 1.46. The highest BCUT2D eigenvalue weighted by Crippen LogP contribution is 2.38. The van der Waals surface area contributed by atoms with Gasteiger partial charge in [0, 0.05) is 31.9 Å². The number of aryl methyl sites for hydroxylation is 1. The van der Waals surface area contributed by atoms with Crippen LogP contribution < -0.4 is 10.5 Å². The van der Waals surface area contributed by atoms with Gasteiger partial charge in [-0.2, -0.15) is 0 Å². The molecule has 4 rings (SSSR count). The van der Waals surface area contributed by atoms with E-state index in [1.165, 1.54) is 0 Å². The lowest BCUT2D eigenvalue weighted by Crippen LogP contribution is -2.67. The van der Waals surface area contributed by atoms with Crippen molar-refractivity contribution in [3.05, 3.63) is 46.8 Å². The second-order valence-electron chi connectivity index (χ2n) is 6.50. The van der Waals surface area contributed by atoms with Crippen molar-refractivity contribution in [2.75, 3.05) is 31.2 Å². The molecule has 2 fully saturated rings. The van der Waals surface area contributed by atoms with Crippen molar-refractivity contribution in [1.82, 2.24) is 14.5 Å². The summed E-state index contributed by atoms with van der Waals surface area (Å²) in [6.45, 7) is 7.09. The highest BCUT2D eigenvalue weighted by Gasteiger charge is 2.50. The van der Waals surface area contributed by atoms with Gasteiger partial charge in [-0.15, -0.1) is 0 Å². The Morgan fingerprint density at radius 2 is 2.08 bits per heavy atom. The number of hydrogen-bond donors (Lipinski definition) is 0. The molecule has 7 heteroatoms. The lowest BCUT2D eigenvalue weighted by molar-refractivity contribution is -0.127. The minimum absolute atomic E-state index is 0.159. The van der Waals surface area contributed by atoms with Crippen LogP contribution in [-0.4, -0.2) is 47.1 Å². The molecule has 7 nitrogen and oxygen atoms in total. The van der Waals surface area contributed by atoms with Crippen LogP contribution in [0, 0.1) is 5.41 Å². The summed E-state index contributed by atoms with van der Waals surface area (Å²) in [6.07, 6.45) is 6.78. The molecule has 0 atom stereocenters. The number of carbonyl (C=O) groups is 1. The predicted molar refractivity (Wildman–Crippen MR) is 98.8 cm³/mol. The molecule has 0 amide bonds. The Labute approximate surface area is 152 Å². The summed E-state index contributed by atoms with van der Waals surface area (Å²) in [5, 5.41) is 0. The van der Waals surface area contributed by atoms with E-state index in [2.05, 4.69) is 9.97 Å². The highest BCUT2D eigenvalue weighted by molar-refractivity contribution is 5.50. The van der Waals surface area contributed by atoms with Crippen LogP contribution in [0.5, 0.6) is 0 Å². The van der Waals surface area contributed by atoms with Crippen LogP contribution in [0.3, 0.4) is 0 Å². The molecule has 0 N–H and O–H groups in total. The van der Waals surface area contributed by atoms with Crippen molar-refractivity contribution < 1.29 is 9.53 Å². The first-order chi connectivity index (χ1) is 12.7. The zero-order chi connectivity index (χ0) is 18.6. The van der Waals surface area contributed by atoms with E-state index in [0.717, 1.165) is 38.3 Å². The van der Waals surface area contributed by atoms with Gasteiger partial charge in [-0.3, -0.25) is 14.3 Å². The second kappa shape index (κ2) is 7.78. The van der Waals surface area contributed by atoms with E-state index < -0.39 is 0 Å². The van der Waals surface area contributed by atoms with E-state index in [-0.39, 0.29) is 11.0 Å². The number of ether oxygens (including phenoxy) is 1. The number of anilines is 1. The number of pyridine rings is 1. The van der Waals surface area contributed by atoms with Gasteiger partial charge in [0.25, 0.3) is 5.56 Å². The maximum absolute atomic E-state index is 12.9. The molecule has 0 unspecified atom stereocenters. The molecule has 0 saturated carbocycles. The molecule has 0 radical (unpaired) electrons. The average molecular weight is 356 g/mol. The standard InChI is InChI=1S/C17H18N4O3.C2H6/c22-6-2-3-13-8-21(14-4-1-5-18-7-14)16(23)15(19-13)20-9-17(10-20)11-24-12-17;1-2/h1,4-8H,2-3,9-12H2;1-2H3. The fraction of sp³-hybridized carbons (Fsp3) is 0.474. The van der Waals surface area contributed by atoms with Gasteiger partial charge in [0.2, 0.25) is 0 Å². The van der Waals surface area contributed by atoms with Crippen molar-refractivity contribution in [3.63, 3.8) is 0 Å². The van der Waals surface area contributed by atoms with E-state index in [4.69, 9.17) is 4.74 Å². The van der Waals surface area contributed by atoms with Crippen LogP contribution >= 0.6 is 0 Å². The van der Waals surface area contributed by atoms with Gasteiger partial charge in [0.15, 0.2) is 5.82 Å². The number of nitrogens with zero attached hydrogens (tertiary/aromatic N) is 4. The maximum Gasteiger partial charge on any atom is 0.298 e. The number of aromatic nitrogens is 3. The summed E-state index contributed by atoms with van der Waals surface area (Å²) in [4.78, 5) is 34.2. The summed E-state index contributed by atoms with van der Waals surface area (Å²) in [7, 11) is 0. The van der Waals surface area contributed by atoms with Crippen molar-refractivity contribution in [2.24, 2.45) is 5.41 Å². The van der Waals surface area contributed by atoms with Crippen LogP contribution in [-0.2, 0) is 16.0 Å². The molecule has 0 aliphatic carbocycles. The molecule has 2 aromatic heterocycles. The van der Waals surface area contributed by atoms with Gasteiger partial charge >= 0.3 is 0 Å². The van der Waals surface area contributed by atoms with Gasteiger partial charge in [0.05, 0.1) is 36.2 Å². The van der Waals surface area contributed by atoms with Crippen LogP contribution in [0.15, 0.2) is 35.5 Å². The van der Waals surface area contributed by atoms with Crippen molar-refractivity contribution in [1.29, 1.82) is 0 Å². The van der Waals surface area contributed by atoms with Crippen LogP contribution in [0.4, 0.5) is 5.82 Å². The molecule has 2 aliphatic heterocycles. The Morgan fingerprint density at radius 3 is 2.65 bits per heavy atom. The van der Waals surface area contributed by atoms with E-state index in [1.54, 1.807) is 29.2 Å². The zero-order valence-corrected chi connectivity index (χ0v) is 15.2. The van der Waals surface area contributed by atoms with Crippen molar-refractivity contribution in [3.8, 4) is 5.69 Å². The third-order valence-electron chi connectivity index (χ3n) is 4.55. The molecule has 0 aromatic carbocycles. The molecule has 2 aromatic rings. The molecule has 0 bridgehead atoms. The lowest BCUT2D eigenvalue weighted by Gasteiger charge is -2.55. The third kappa shape index (κ3) is 3.39. The van der Waals surface area contributed by atoms with Gasteiger partial charge in [-0.1, -0.05) is 13.8 Å². The normalized spacial score (nSPS) is 16.9. The summed E-state index contributed by atoms with van der Waals surface area (Å²) in [6, 6.07) is 3.62. The molecular formula is C19H24N4O3. The molecule has 138 valence electrons. The largest absolute Gasteiger partial charge is 0.380 e. The number of aldehydes is 1. The highest BCUT2D eigenvalue weighted by atomic mass is 16.5. The van der Waals surface area contributed by atoms with E-state index >= 15 is 0 Å². The summed E-state index contributed by atoms with van der Waals surface area (Å²) in [5.74, 6) is 0.444. The van der Waals surface area contributed by atoms with Crippen molar-refractivity contribution in [2.45, 2.75) is 26.7 Å². The average Bonchev–Trinajstić information content (AvgIpc) is 2.62. The Kier molecular flexibility index (Phi) is 5.46. The Balaban J connectivity index is 0.000000948. The van der Waals surface area contributed by atoms with Gasteiger partial charge in [0.1, 0.15) is 6.29 Å². The topological polar surface area (TPSA) is 77.3 Å². The van der Waals surface area contributed by atoms with Gasteiger partial charge in [-0.25, -0.2) is 4.98 Å². The van der Waals surface area contributed by atoms with Crippen molar-refractivity contribution >= 4 is 12.1 Å². The fourth-order valence-corrected chi connectivity index (χ4v) is 3.24. The van der Waals surface area contributed by atoms with E-state index in [1.807, 2.05) is 24.8 Å². The minimum Gasteiger partial charge on any atom is -0.380 e. The molecular weight excluding hydrogens is 332 g/mol. The van der Waals surface area contributed by atoms with Crippen LogP contribution in [0.25, 0.3) is 5.69 Å². The lowest BCUT2D eigenvalue weighted by atomic mass is 9.78. The Morgan fingerprint density at radius 1 is 1.31 bits per heavy atom. The van der Waals surface area contributed by atoms with E-state index in [0.29, 0.717) is 24.3 Å². The first-order valence-corrected chi connectivity index (χ1v) is 9.00. The zero-order valence-electron chi connectivity index (χ0n) is 15.2. The first kappa shape index (κ1) is 18.3. The number of carbonyl (C=O) groups excluding carboxylic acids is 1. The van der Waals surface area contributed by atoms with Gasteiger partial charge in [-0.05, 0) is 18.6 Å². The number of hydrogen-bond acceptors (Lipinski definition) is 6. The molecule has 1 spiro atoms. The Bertz CT molecular complexity index is 807. The molecule has 26 heavy (non-hydrogen) atoms. The van der Waals surface area contributed by atoms with E-state index in [9.17, 15) is 9.59 Å². The second-order valence-corrected chi connectivity index (χ2v) is 6.50. The maximum atomic E-state index is 12.9. The quantitative estimate of drug-likeness (QED) is 0.758. The van der Waals surface area contributed by atoms with Crippen LogP contribution in [0.2, 0.25) is 0 Å². The molecule has 2 aliphatic rings. The SMILES string of the molecule is CC.O=CCCc1cn(-c2cccnc2)c(=O)c(N2CC3(COC3)C2)n1. The third-order valence-corrected chi connectivity index (χ3v) is 4.55. The predicted octanol–water partition coefficient (Wildman–Crippen LogP) is 1.62. The van der Waals surface area contributed by atoms with Crippen LogP contribution in [0.1, 0.15) is 26.0 Å².